The third-order valence-corrected chi connectivity index (χ3v) is 1.76. The van der Waals surface area contributed by atoms with Crippen LogP contribution in [0.3, 0.4) is 0 Å². The number of halogens is 3. The summed E-state index contributed by atoms with van der Waals surface area (Å²) in [6.45, 7) is -1.34. The first kappa shape index (κ1) is 12.4. The molecule has 0 amide bonds. The lowest BCUT2D eigenvalue weighted by atomic mass is 10.1. The second-order valence-corrected chi connectivity index (χ2v) is 3.04. The predicted molar refractivity (Wildman–Crippen MR) is 51.8 cm³/mol. The second kappa shape index (κ2) is 4.90. The van der Waals surface area contributed by atoms with Crippen LogP contribution in [-0.2, 0) is 0 Å². The van der Waals surface area contributed by atoms with Crippen LogP contribution in [0, 0.1) is 12.3 Å². The number of rotatable bonds is 3. The molecule has 0 saturated carbocycles. The van der Waals surface area contributed by atoms with Crippen LogP contribution in [-0.4, -0.2) is 17.9 Å². The number of hydrogen-bond acceptors (Lipinski definition) is 2. The van der Waals surface area contributed by atoms with Gasteiger partial charge in [0.1, 0.15) is 11.9 Å². The van der Waals surface area contributed by atoms with Crippen LogP contribution < -0.4 is 4.74 Å². The molecule has 1 atom stereocenters. The number of benzene rings is 1. The van der Waals surface area contributed by atoms with Crippen LogP contribution >= 0.6 is 0 Å². The summed E-state index contributed by atoms with van der Waals surface area (Å²) in [4.78, 5) is 0. The van der Waals surface area contributed by atoms with Gasteiger partial charge in [0.2, 0.25) is 0 Å². The van der Waals surface area contributed by atoms with Gasteiger partial charge in [-0.3, -0.25) is 0 Å². The highest BCUT2D eigenvalue weighted by Gasteiger charge is 2.28. The van der Waals surface area contributed by atoms with Gasteiger partial charge in [0.15, 0.2) is 6.61 Å². The van der Waals surface area contributed by atoms with E-state index in [4.69, 9.17) is 6.42 Å². The molecule has 0 bridgehead atoms. The minimum absolute atomic E-state index is 0.0743. The first-order chi connectivity index (χ1) is 7.42. The molecule has 86 valence electrons. The predicted octanol–water partition coefficient (Wildman–Crippen LogP) is 2.29. The molecule has 0 aliphatic carbocycles. The standard InChI is InChI=1S/C11H9F3O2/c1-2-10(15)8-3-5-9(6-4-8)16-7-11(12,13)14/h1,3-6,10,15H,7H2. The van der Waals surface area contributed by atoms with Crippen LogP contribution in [0.1, 0.15) is 11.7 Å². The summed E-state index contributed by atoms with van der Waals surface area (Å²) < 4.78 is 39.9. The van der Waals surface area contributed by atoms with Crippen molar-refractivity contribution >= 4 is 0 Å². The van der Waals surface area contributed by atoms with Gasteiger partial charge in [-0.1, -0.05) is 18.1 Å². The summed E-state index contributed by atoms with van der Waals surface area (Å²) in [5.74, 6) is 2.17. The van der Waals surface area contributed by atoms with Crippen molar-refractivity contribution in [2.24, 2.45) is 0 Å². The van der Waals surface area contributed by atoms with Crippen molar-refractivity contribution in [1.82, 2.24) is 0 Å². The third-order valence-electron chi connectivity index (χ3n) is 1.76. The average Bonchev–Trinajstić information content (AvgIpc) is 2.25. The Kier molecular flexibility index (Phi) is 3.80. The molecule has 1 rings (SSSR count). The van der Waals surface area contributed by atoms with Gasteiger partial charge in [-0.25, -0.2) is 0 Å². The number of terminal acetylenes is 1. The average molecular weight is 230 g/mol. The number of aliphatic hydroxyl groups is 1. The topological polar surface area (TPSA) is 29.5 Å². The van der Waals surface area contributed by atoms with E-state index >= 15 is 0 Å². The van der Waals surface area contributed by atoms with Crippen molar-refractivity contribution in [2.45, 2.75) is 12.3 Å². The normalized spacial score (nSPS) is 12.9. The molecule has 0 saturated heterocycles. The Hall–Kier alpha value is -1.67. The molecular formula is C11H9F3O2. The lowest BCUT2D eigenvalue weighted by molar-refractivity contribution is -0.153. The van der Waals surface area contributed by atoms with Crippen molar-refractivity contribution < 1.29 is 23.0 Å². The van der Waals surface area contributed by atoms with Gasteiger partial charge >= 0.3 is 6.18 Å². The summed E-state index contributed by atoms with van der Waals surface area (Å²) in [6, 6.07) is 5.47. The molecular weight excluding hydrogens is 221 g/mol. The van der Waals surface area contributed by atoms with E-state index in [1.165, 1.54) is 24.3 Å². The van der Waals surface area contributed by atoms with E-state index in [0.29, 0.717) is 5.56 Å². The zero-order valence-corrected chi connectivity index (χ0v) is 8.16. The fourth-order valence-corrected chi connectivity index (χ4v) is 1.01. The van der Waals surface area contributed by atoms with Crippen molar-refractivity contribution in [2.75, 3.05) is 6.61 Å². The maximum Gasteiger partial charge on any atom is 0.422 e. The number of alkyl halides is 3. The lowest BCUT2D eigenvalue weighted by Gasteiger charge is -2.10. The smallest absolute Gasteiger partial charge is 0.422 e. The van der Waals surface area contributed by atoms with E-state index in [1.54, 1.807) is 0 Å². The van der Waals surface area contributed by atoms with Crippen molar-refractivity contribution in [3.8, 4) is 18.1 Å². The summed E-state index contributed by atoms with van der Waals surface area (Å²) >= 11 is 0. The first-order valence-electron chi connectivity index (χ1n) is 4.36. The Morgan fingerprint density at radius 3 is 2.31 bits per heavy atom. The van der Waals surface area contributed by atoms with Gasteiger partial charge in [-0.05, 0) is 17.7 Å². The second-order valence-electron chi connectivity index (χ2n) is 3.04. The van der Waals surface area contributed by atoms with Crippen molar-refractivity contribution in [1.29, 1.82) is 0 Å². The Morgan fingerprint density at radius 1 is 1.31 bits per heavy atom. The fraction of sp³-hybridized carbons (Fsp3) is 0.273. The van der Waals surface area contributed by atoms with E-state index < -0.39 is 18.9 Å². The van der Waals surface area contributed by atoms with E-state index in [9.17, 15) is 18.3 Å². The van der Waals surface area contributed by atoms with Crippen LogP contribution in [0.15, 0.2) is 24.3 Å². The van der Waals surface area contributed by atoms with Crippen LogP contribution in [0.2, 0.25) is 0 Å². The van der Waals surface area contributed by atoms with E-state index in [0.717, 1.165) is 0 Å². The van der Waals surface area contributed by atoms with Crippen molar-refractivity contribution in [3.05, 3.63) is 29.8 Å². The molecule has 2 nitrogen and oxygen atoms in total. The van der Waals surface area contributed by atoms with Crippen LogP contribution in [0.25, 0.3) is 0 Å². The minimum Gasteiger partial charge on any atom is -0.484 e. The monoisotopic (exact) mass is 230 g/mol. The molecule has 5 heteroatoms. The number of ether oxygens (including phenoxy) is 1. The quantitative estimate of drug-likeness (QED) is 0.807. The van der Waals surface area contributed by atoms with E-state index in [1.807, 2.05) is 0 Å². The summed E-state index contributed by atoms with van der Waals surface area (Å²) in [5.41, 5.74) is 0.432. The highest BCUT2D eigenvalue weighted by Crippen LogP contribution is 2.20. The Morgan fingerprint density at radius 2 is 1.88 bits per heavy atom. The van der Waals surface area contributed by atoms with Crippen LogP contribution in [0.4, 0.5) is 13.2 Å². The van der Waals surface area contributed by atoms with Crippen molar-refractivity contribution in [3.63, 3.8) is 0 Å². The van der Waals surface area contributed by atoms with Gasteiger partial charge < -0.3 is 9.84 Å². The Labute approximate surface area is 90.7 Å². The highest BCUT2D eigenvalue weighted by molar-refractivity contribution is 5.31. The van der Waals surface area contributed by atoms with Gasteiger partial charge in [-0.2, -0.15) is 13.2 Å². The summed E-state index contributed by atoms with van der Waals surface area (Å²) in [6.07, 6.45) is -0.445. The Balaban J connectivity index is 2.62. The lowest BCUT2D eigenvalue weighted by Crippen LogP contribution is -2.19. The molecule has 0 aliphatic rings. The molecule has 1 aromatic carbocycles. The molecule has 0 spiro atoms. The fourth-order valence-electron chi connectivity index (χ4n) is 1.01. The largest absolute Gasteiger partial charge is 0.484 e. The van der Waals surface area contributed by atoms with E-state index in [-0.39, 0.29) is 5.75 Å². The zero-order valence-electron chi connectivity index (χ0n) is 8.16. The van der Waals surface area contributed by atoms with Gasteiger partial charge in [0.25, 0.3) is 0 Å². The molecule has 0 aromatic heterocycles. The molecule has 0 heterocycles. The zero-order chi connectivity index (χ0) is 12.2. The van der Waals surface area contributed by atoms with Crippen LogP contribution in [0.5, 0.6) is 5.75 Å². The van der Waals surface area contributed by atoms with E-state index in [2.05, 4.69) is 10.7 Å². The Bertz CT molecular complexity index is 376. The molecule has 0 aliphatic heterocycles. The molecule has 16 heavy (non-hydrogen) atoms. The minimum atomic E-state index is -4.36. The van der Waals surface area contributed by atoms with Gasteiger partial charge in [0, 0.05) is 0 Å². The molecule has 1 aromatic rings. The summed E-state index contributed by atoms with van der Waals surface area (Å²) in [5, 5.41) is 9.22. The SMILES string of the molecule is C#CC(O)c1ccc(OCC(F)(F)F)cc1. The molecule has 1 unspecified atom stereocenters. The molecule has 0 radical (unpaired) electrons. The van der Waals surface area contributed by atoms with Gasteiger partial charge in [0.05, 0.1) is 0 Å². The molecule has 0 fully saturated rings. The highest BCUT2D eigenvalue weighted by atomic mass is 19.4. The maximum absolute atomic E-state index is 11.8. The first-order valence-corrected chi connectivity index (χ1v) is 4.36. The maximum atomic E-state index is 11.8. The van der Waals surface area contributed by atoms with Gasteiger partial charge in [-0.15, -0.1) is 6.42 Å². The number of aliphatic hydroxyl groups excluding tert-OH is 1. The molecule has 1 N–H and O–H groups in total. The summed E-state index contributed by atoms with van der Waals surface area (Å²) in [7, 11) is 0. The number of hydrogen-bond donors (Lipinski definition) is 1. The third kappa shape index (κ3) is 3.83.